The molecule has 0 aromatic rings. The summed E-state index contributed by atoms with van der Waals surface area (Å²) >= 11 is 0. The molecule has 0 N–H and O–H groups in total. The fourth-order valence-corrected chi connectivity index (χ4v) is 6.70. The third-order valence-corrected chi connectivity index (χ3v) is 7.00. The maximum Gasteiger partial charge on any atom is 0.314 e. The molecule has 0 aromatic heterocycles. The highest BCUT2D eigenvalue weighted by atomic mass is 16.7. The third kappa shape index (κ3) is 0.774. The lowest BCUT2D eigenvalue weighted by Gasteiger charge is -2.76. The Balaban J connectivity index is 1.97. The molecule has 0 unspecified atom stereocenters. The number of hydrogen-bond donors (Lipinski definition) is 0. The molecule has 4 fully saturated rings. The van der Waals surface area contributed by atoms with Crippen LogP contribution >= 0.6 is 0 Å². The molecule has 2 saturated carbocycles. The standard InChI is InChI=1S/C15H22O3/c1-12(2)6-5-7-13(3)10-11(16)17-9-8-15(12,13)14(10,4)18-9/h9-10H,5-8H2,1-4H3/t9-,10+,13+,14+,15+/m1/s1. The maximum absolute atomic E-state index is 12.3. The lowest BCUT2D eigenvalue weighted by Crippen LogP contribution is -2.80. The Hall–Kier alpha value is -0.570. The van der Waals surface area contributed by atoms with Gasteiger partial charge in [0, 0.05) is 11.8 Å². The van der Waals surface area contributed by atoms with Gasteiger partial charge >= 0.3 is 5.97 Å². The van der Waals surface area contributed by atoms with E-state index in [9.17, 15) is 4.79 Å². The largest absolute Gasteiger partial charge is 0.435 e. The second-order valence-corrected chi connectivity index (χ2v) is 7.79. The van der Waals surface area contributed by atoms with Crippen LogP contribution in [0.3, 0.4) is 0 Å². The first kappa shape index (κ1) is 11.3. The number of hydrogen-bond acceptors (Lipinski definition) is 3. The quantitative estimate of drug-likeness (QED) is 0.620. The van der Waals surface area contributed by atoms with Gasteiger partial charge in [0.25, 0.3) is 0 Å². The van der Waals surface area contributed by atoms with Crippen LogP contribution in [0.1, 0.15) is 53.4 Å². The predicted molar refractivity (Wildman–Crippen MR) is 65.6 cm³/mol. The van der Waals surface area contributed by atoms with Crippen molar-refractivity contribution in [2.75, 3.05) is 0 Å². The van der Waals surface area contributed by atoms with E-state index < -0.39 is 0 Å². The average molecular weight is 250 g/mol. The fourth-order valence-electron chi connectivity index (χ4n) is 6.70. The predicted octanol–water partition coefficient (Wildman–Crippen LogP) is 2.88. The van der Waals surface area contributed by atoms with Gasteiger partial charge in [-0.1, -0.05) is 27.2 Å². The van der Waals surface area contributed by atoms with E-state index in [0.29, 0.717) is 0 Å². The lowest BCUT2D eigenvalue weighted by atomic mass is 9.27. The molecule has 0 radical (unpaired) electrons. The van der Waals surface area contributed by atoms with Crippen LogP contribution in [0.5, 0.6) is 0 Å². The zero-order valence-corrected chi connectivity index (χ0v) is 11.7. The summed E-state index contributed by atoms with van der Waals surface area (Å²) in [6.07, 6.45) is 4.19. The molecule has 2 aliphatic heterocycles. The molecule has 2 bridgehead atoms. The Morgan fingerprint density at radius 2 is 1.89 bits per heavy atom. The lowest BCUT2D eigenvalue weighted by molar-refractivity contribution is -0.354. The van der Waals surface area contributed by atoms with E-state index in [2.05, 4.69) is 27.7 Å². The van der Waals surface area contributed by atoms with Crippen LogP contribution < -0.4 is 0 Å². The zero-order valence-electron chi connectivity index (χ0n) is 11.7. The van der Waals surface area contributed by atoms with Crippen LogP contribution in [0.2, 0.25) is 0 Å². The van der Waals surface area contributed by atoms with Gasteiger partial charge in [0.15, 0.2) is 0 Å². The molecule has 2 saturated heterocycles. The Bertz CT molecular complexity index is 457. The Morgan fingerprint density at radius 3 is 2.61 bits per heavy atom. The molecular formula is C15H22O3. The topological polar surface area (TPSA) is 35.5 Å². The summed E-state index contributed by atoms with van der Waals surface area (Å²) in [6.45, 7) is 9.19. The smallest absolute Gasteiger partial charge is 0.314 e. The van der Waals surface area contributed by atoms with Crippen molar-refractivity contribution in [1.82, 2.24) is 0 Å². The second-order valence-electron chi connectivity index (χ2n) is 7.79. The summed E-state index contributed by atoms with van der Waals surface area (Å²) in [7, 11) is 0. The van der Waals surface area contributed by atoms with Gasteiger partial charge < -0.3 is 9.47 Å². The third-order valence-electron chi connectivity index (χ3n) is 7.00. The van der Waals surface area contributed by atoms with E-state index in [1.165, 1.54) is 12.8 Å². The molecule has 0 amide bonds. The van der Waals surface area contributed by atoms with Crippen molar-refractivity contribution in [2.24, 2.45) is 22.2 Å². The van der Waals surface area contributed by atoms with E-state index in [0.717, 1.165) is 12.8 Å². The molecule has 18 heavy (non-hydrogen) atoms. The summed E-state index contributed by atoms with van der Waals surface area (Å²) in [4.78, 5) is 12.3. The van der Waals surface area contributed by atoms with Crippen molar-refractivity contribution in [3.63, 3.8) is 0 Å². The molecule has 0 aromatic carbocycles. The molecule has 3 heteroatoms. The van der Waals surface area contributed by atoms with Gasteiger partial charge in [-0.15, -0.1) is 0 Å². The van der Waals surface area contributed by atoms with E-state index in [1.54, 1.807) is 0 Å². The van der Waals surface area contributed by atoms with E-state index in [-0.39, 0.29) is 40.0 Å². The van der Waals surface area contributed by atoms with Gasteiger partial charge in [-0.05, 0) is 30.6 Å². The van der Waals surface area contributed by atoms with Crippen molar-refractivity contribution in [3.8, 4) is 0 Å². The van der Waals surface area contributed by atoms with Crippen LogP contribution in [0.4, 0.5) is 0 Å². The SMILES string of the molecule is CC1(C)CCC[C@@]2(C)[C@@H]3C(=O)O[C@H]4C[C@]12[C@@]3(C)O4. The first-order valence-corrected chi connectivity index (χ1v) is 7.17. The van der Waals surface area contributed by atoms with Gasteiger partial charge in [0.2, 0.25) is 6.29 Å². The molecule has 4 aliphatic rings. The van der Waals surface area contributed by atoms with Crippen LogP contribution in [0, 0.1) is 22.2 Å². The van der Waals surface area contributed by atoms with Crippen LogP contribution in [-0.2, 0) is 14.3 Å². The average Bonchev–Trinajstić information content (AvgIpc) is 2.33. The molecule has 3 nitrogen and oxygen atoms in total. The van der Waals surface area contributed by atoms with Gasteiger partial charge in [0.1, 0.15) is 0 Å². The van der Waals surface area contributed by atoms with Crippen molar-refractivity contribution in [1.29, 1.82) is 0 Å². The number of fused-ring (bicyclic) bond motifs is 2. The van der Waals surface area contributed by atoms with Crippen molar-refractivity contribution in [2.45, 2.75) is 65.3 Å². The van der Waals surface area contributed by atoms with Crippen molar-refractivity contribution < 1.29 is 14.3 Å². The van der Waals surface area contributed by atoms with Crippen LogP contribution in [0.15, 0.2) is 0 Å². The van der Waals surface area contributed by atoms with Crippen molar-refractivity contribution in [3.05, 3.63) is 0 Å². The van der Waals surface area contributed by atoms with Crippen LogP contribution in [0.25, 0.3) is 0 Å². The maximum atomic E-state index is 12.3. The van der Waals surface area contributed by atoms with Gasteiger partial charge in [-0.25, -0.2) is 0 Å². The number of esters is 1. The van der Waals surface area contributed by atoms with Crippen molar-refractivity contribution >= 4 is 5.97 Å². The minimum absolute atomic E-state index is 0.0120. The first-order chi connectivity index (χ1) is 8.29. The summed E-state index contributed by atoms with van der Waals surface area (Å²) in [5, 5.41) is 0. The highest BCUT2D eigenvalue weighted by Crippen LogP contribution is 2.84. The fraction of sp³-hybridized carbons (Fsp3) is 0.933. The minimum Gasteiger partial charge on any atom is -0.435 e. The molecule has 4 rings (SSSR count). The molecule has 1 spiro atoms. The number of carbonyl (C=O) groups is 1. The number of carbonyl (C=O) groups excluding carboxylic acids is 1. The summed E-state index contributed by atoms with van der Waals surface area (Å²) in [5.41, 5.74) is 0.137. The Labute approximate surface area is 108 Å². The van der Waals surface area contributed by atoms with Crippen LogP contribution in [-0.4, -0.2) is 17.9 Å². The summed E-state index contributed by atoms with van der Waals surface area (Å²) < 4.78 is 11.6. The normalized spacial score (nSPS) is 59.7. The number of ether oxygens (including phenoxy) is 2. The van der Waals surface area contributed by atoms with E-state index >= 15 is 0 Å². The Morgan fingerprint density at radius 1 is 1.17 bits per heavy atom. The molecule has 2 aliphatic carbocycles. The van der Waals surface area contributed by atoms with Gasteiger partial charge in [-0.2, -0.15) is 0 Å². The zero-order chi connectivity index (χ0) is 13.0. The second kappa shape index (κ2) is 2.65. The minimum atomic E-state index is -0.294. The Kier molecular flexibility index (Phi) is 1.66. The van der Waals surface area contributed by atoms with E-state index in [4.69, 9.17) is 9.47 Å². The highest BCUT2D eigenvalue weighted by molar-refractivity contribution is 5.80. The van der Waals surface area contributed by atoms with Gasteiger partial charge in [-0.3, -0.25) is 4.79 Å². The first-order valence-electron chi connectivity index (χ1n) is 7.17. The highest BCUT2D eigenvalue weighted by Gasteiger charge is 2.88. The molecule has 2 heterocycles. The van der Waals surface area contributed by atoms with Gasteiger partial charge in [0.05, 0.1) is 11.5 Å². The summed E-state index contributed by atoms with van der Waals surface area (Å²) in [5.74, 6) is -0.0644. The monoisotopic (exact) mass is 250 g/mol. The summed E-state index contributed by atoms with van der Waals surface area (Å²) in [6, 6.07) is 0. The molecular weight excluding hydrogens is 228 g/mol. The number of rotatable bonds is 0. The molecule has 100 valence electrons. The van der Waals surface area contributed by atoms with E-state index in [1.807, 2.05) is 0 Å². The molecule has 5 atom stereocenters.